The second-order valence-electron chi connectivity index (χ2n) is 9.39. The Hall–Kier alpha value is -4.14. The van der Waals surface area contributed by atoms with Gasteiger partial charge >= 0.3 is 5.69 Å². The predicted molar refractivity (Wildman–Crippen MR) is 147 cm³/mol. The number of nitrogens with one attached hydrogen (secondary N) is 1. The van der Waals surface area contributed by atoms with E-state index in [0.717, 1.165) is 28.2 Å². The number of aromatic nitrogens is 2. The van der Waals surface area contributed by atoms with E-state index in [4.69, 9.17) is 18.9 Å². The number of rotatable bonds is 9. The van der Waals surface area contributed by atoms with Gasteiger partial charge in [0.15, 0.2) is 0 Å². The van der Waals surface area contributed by atoms with Crippen LogP contribution in [0.3, 0.4) is 0 Å². The molecule has 2 heterocycles. The Labute approximate surface area is 226 Å². The molecule has 8 heteroatoms. The summed E-state index contributed by atoms with van der Waals surface area (Å²) in [4.78, 5) is 26.6. The number of ether oxygens (including phenoxy) is 4. The van der Waals surface area contributed by atoms with Crippen LogP contribution in [-0.2, 0) is 15.1 Å². The molecule has 0 saturated carbocycles. The summed E-state index contributed by atoms with van der Waals surface area (Å²) >= 11 is 0. The smallest absolute Gasteiger partial charge is 0.330 e. The van der Waals surface area contributed by atoms with Crippen LogP contribution in [0.4, 0.5) is 0 Å². The van der Waals surface area contributed by atoms with E-state index in [1.807, 2.05) is 85.3 Å². The number of aromatic amines is 1. The van der Waals surface area contributed by atoms with Gasteiger partial charge in [0.05, 0.1) is 26.9 Å². The van der Waals surface area contributed by atoms with Crippen molar-refractivity contribution in [1.82, 2.24) is 9.55 Å². The van der Waals surface area contributed by atoms with E-state index in [0.29, 0.717) is 12.0 Å². The molecule has 1 saturated heterocycles. The van der Waals surface area contributed by atoms with Crippen molar-refractivity contribution in [2.75, 3.05) is 20.8 Å². The molecule has 4 aromatic rings. The SMILES string of the molecule is COc1ccc(C(OC[C@H]2[CH]C[C@H](n3cc(C)c(=O)[nH]c3=O)O2)(c2ccccc2)c2ccc(OC)cc2)cc1. The molecular weight excluding hydrogens is 496 g/mol. The number of methoxy groups -OCH3 is 2. The Morgan fingerprint density at radius 3 is 2.00 bits per heavy atom. The number of hydrogen-bond acceptors (Lipinski definition) is 6. The highest BCUT2D eigenvalue weighted by Crippen LogP contribution is 2.42. The maximum atomic E-state index is 12.4. The minimum Gasteiger partial charge on any atom is -0.497 e. The highest BCUT2D eigenvalue weighted by atomic mass is 16.6. The molecule has 1 aliphatic heterocycles. The zero-order valence-electron chi connectivity index (χ0n) is 22.1. The van der Waals surface area contributed by atoms with E-state index in [1.165, 1.54) is 10.8 Å². The lowest BCUT2D eigenvalue weighted by Crippen LogP contribution is -2.36. The monoisotopic (exact) mass is 527 g/mol. The van der Waals surface area contributed by atoms with Crippen LogP contribution in [0, 0.1) is 13.3 Å². The van der Waals surface area contributed by atoms with E-state index >= 15 is 0 Å². The molecule has 39 heavy (non-hydrogen) atoms. The minimum atomic E-state index is -0.972. The number of hydrogen-bond donors (Lipinski definition) is 1. The third-order valence-corrected chi connectivity index (χ3v) is 7.03. The average molecular weight is 528 g/mol. The molecule has 0 unspecified atom stereocenters. The van der Waals surface area contributed by atoms with E-state index in [9.17, 15) is 9.59 Å². The topological polar surface area (TPSA) is 91.8 Å². The van der Waals surface area contributed by atoms with Crippen molar-refractivity contribution in [2.45, 2.75) is 31.3 Å². The van der Waals surface area contributed by atoms with Gasteiger partial charge in [-0.1, -0.05) is 54.6 Å². The molecule has 201 valence electrons. The number of aryl methyl sites for hydroxylation is 1. The lowest BCUT2D eigenvalue weighted by molar-refractivity contribution is -0.0721. The van der Waals surface area contributed by atoms with Gasteiger partial charge in [-0.3, -0.25) is 14.3 Å². The third kappa shape index (κ3) is 5.26. The van der Waals surface area contributed by atoms with Crippen LogP contribution in [0.5, 0.6) is 11.5 Å². The Morgan fingerprint density at radius 2 is 1.44 bits per heavy atom. The van der Waals surface area contributed by atoms with Crippen LogP contribution in [0.25, 0.3) is 0 Å². The summed E-state index contributed by atoms with van der Waals surface area (Å²) in [7, 11) is 3.27. The normalized spacial score (nSPS) is 17.2. The van der Waals surface area contributed by atoms with Crippen LogP contribution < -0.4 is 20.7 Å². The first-order chi connectivity index (χ1) is 18.9. The molecule has 0 bridgehead atoms. The van der Waals surface area contributed by atoms with Gasteiger partial charge in [-0.15, -0.1) is 0 Å². The van der Waals surface area contributed by atoms with Gasteiger partial charge in [-0.25, -0.2) is 4.79 Å². The molecule has 1 aromatic heterocycles. The number of H-pyrrole nitrogens is 1. The first-order valence-electron chi connectivity index (χ1n) is 12.7. The van der Waals surface area contributed by atoms with Crippen LogP contribution in [0.15, 0.2) is 94.6 Å². The lowest BCUT2D eigenvalue weighted by Gasteiger charge is -2.37. The summed E-state index contributed by atoms with van der Waals surface area (Å²) in [6.45, 7) is 1.88. The van der Waals surface area contributed by atoms with E-state index < -0.39 is 23.1 Å². The second-order valence-corrected chi connectivity index (χ2v) is 9.39. The second kappa shape index (κ2) is 11.3. The standard InChI is InChI=1S/C31H31N2O6/c1-21-19-33(30(35)32-29(21)34)28-18-17-27(39-28)20-38-31(22-7-5-4-6-8-22,23-9-13-25(36-2)14-10-23)24-11-15-26(37-3)16-12-24/h4-17,19,27-28H,18,20H2,1-3H3,(H,32,34,35)/t27-,28-/m1/s1. The fraction of sp³-hybridized carbons (Fsp3) is 0.258. The highest BCUT2D eigenvalue weighted by Gasteiger charge is 2.40. The predicted octanol–water partition coefficient (Wildman–Crippen LogP) is 4.36. The van der Waals surface area contributed by atoms with Crippen molar-refractivity contribution in [3.8, 4) is 11.5 Å². The number of nitrogens with zero attached hydrogens (tertiary/aromatic N) is 1. The first kappa shape index (κ1) is 26.5. The average Bonchev–Trinajstić information content (AvgIpc) is 3.45. The summed E-state index contributed by atoms with van der Waals surface area (Å²) < 4.78 is 25.4. The van der Waals surface area contributed by atoms with Gasteiger partial charge in [0.2, 0.25) is 0 Å². The Morgan fingerprint density at radius 1 is 0.872 bits per heavy atom. The summed E-state index contributed by atoms with van der Waals surface area (Å²) in [5, 5.41) is 0. The molecule has 1 radical (unpaired) electrons. The van der Waals surface area contributed by atoms with Crippen LogP contribution in [0.2, 0.25) is 0 Å². The van der Waals surface area contributed by atoms with Crippen LogP contribution in [-0.4, -0.2) is 36.5 Å². The first-order valence-corrected chi connectivity index (χ1v) is 12.7. The van der Waals surface area contributed by atoms with Crippen LogP contribution in [0.1, 0.15) is 34.9 Å². The summed E-state index contributed by atoms with van der Waals surface area (Å²) in [5.74, 6) is 1.49. The van der Waals surface area contributed by atoms with Crippen molar-refractivity contribution in [2.24, 2.45) is 0 Å². The fourth-order valence-electron chi connectivity index (χ4n) is 4.95. The molecule has 0 aliphatic carbocycles. The number of benzene rings is 3. The minimum absolute atomic E-state index is 0.223. The summed E-state index contributed by atoms with van der Waals surface area (Å²) in [6, 6.07) is 25.7. The molecule has 1 N–H and O–H groups in total. The van der Waals surface area contributed by atoms with E-state index in [1.54, 1.807) is 21.1 Å². The molecule has 3 aromatic carbocycles. The van der Waals surface area contributed by atoms with Gasteiger partial charge in [0.25, 0.3) is 5.56 Å². The molecule has 5 rings (SSSR count). The van der Waals surface area contributed by atoms with Gasteiger partial charge in [-0.2, -0.15) is 0 Å². The van der Waals surface area contributed by atoms with Gasteiger partial charge in [0, 0.05) is 11.8 Å². The Kier molecular flexibility index (Phi) is 7.67. The maximum Gasteiger partial charge on any atom is 0.330 e. The van der Waals surface area contributed by atoms with Gasteiger partial charge in [0.1, 0.15) is 23.3 Å². The summed E-state index contributed by atoms with van der Waals surface area (Å²) in [5.41, 5.74) is 1.36. The van der Waals surface area contributed by atoms with Gasteiger partial charge in [-0.05, 0) is 60.7 Å². The van der Waals surface area contributed by atoms with E-state index in [2.05, 4.69) is 4.98 Å². The van der Waals surface area contributed by atoms with Crippen molar-refractivity contribution < 1.29 is 18.9 Å². The molecule has 1 fully saturated rings. The molecular formula is C31H31N2O6. The maximum absolute atomic E-state index is 12.4. The Balaban J connectivity index is 1.51. The molecule has 8 nitrogen and oxygen atoms in total. The highest BCUT2D eigenvalue weighted by molar-refractivity contribution is 5.49. The van der Waals surface area contributed by atoms with Crippen molar-refractivity contribution in [3.63, 3.8) is 0 Å². The van der Waals surface area contributed by atoms with Crippen molar-refractivity contribution in [1.29, 1.82) is 0 Å². The fourth-order valence-corrected chi connectivity index (χ4v) is 4.95. The molecule has 0 spiro atoms. The summed E-state index contributed by atoms with van der Waals surface area (Å²) in [6.07, 6.45) is 3.12. The third-order valence-electron chi connectivity index (χ3n) is 7.03. The van der Waals surface area contributed by atoms with Gasteiger partial charge < -0.3 is 18.9 Å². The van der Waals surface area contributed by atoms with E-state index in [-0.39, 0.29) is 12.7 Å². The zero-order valence-corrected chi connectivity index (χ0v) is 22.1. The van der Waals surface area contributed by atoms with Crippen molar-refractivity contribution in [3.05, 3.63) is 135 Å². The molecule has 2 atom stereocenters. The molecule has 1 aliphatic rings. The zero-order chi connectivity index (χ0) is 27.4. The molecule has 0 amide bonds. The Bertz CT molecular complexity index is 1460. The largest absolute Gasteiger partial charge is 0.497 e. The quantitative estimate of drug-likeness (QED) is 0.325. The van der Waals surface area contributed by atoms with Crippen LogP contribution >= 0.6 is 0 Å². The lowest BCUT2D eigenvalue weighted by atomic mass is 9.80. The van der Waals surface area contributed by atoms with Crippen molar-refractivity contribution >= 4 is 0 Å².